The van der Waals surface area contributed by atoms with Gasteiger partial charge in [0.05, 0.1) is 6.54 Å². The Bertz CT molecular complexity index is 1090. The fourth-order valence-electron chi connectivity index (χ4n) is 2.37. The van der Waals surface area contributed by atoms with Gasteiger partial charge in [-0.2, -0.15) is 5.10 Å². The molecule has 11 heteroatoms. The molecule has 0 aliphatic rings. The number of benzene rings is 1. The maximum atomic E-state index is 12.2. The highest BCUT2D eigenvalue weighted by Gasteiger charge is 2.12. The zero-order chi connectivity index (χ0) is 21.3. The zero-order valence-corrected chi connectivity index (χ0v) is 15.6. The molecule has 0 aliphatic carbocycles. The summed E-state index contributed by atoms with van der Waals surface area (Å²) in [6.07, 6.45) is 7.06. The third-order valence-corrected chi connectivity index (χ3v) is 3.83. The summed E-state index contributed by atoms with van der Waals surface area (Å²) < 4.78 is 6.90. The monoisotopic (exact) mass is 410 g/mol. The third-order valence-electron chi connectivity index (χ3n) is 3.83. The van der Waals surface area contributed by atoms with Gasteiger partial charge in [0.2, 0.25) is 5.95 Å². The predicted molar refractivity (Wildman–Crippen MR) is 105 cm³/mol. The number of aromatic nitrogens is 4. The van der Waals surface area contributed by atoms with Gasteiger partial charge in [0.1, 0.15) is 17.9 Å². The number of hydrogen-bond acceptors (Lipinski definition) is 7. The third kappa shape index (κ3) is 5.39. The normalized spacial score (nSPS) is 10.7. The van der Waals surface area contributed by atoms with Crippen molar-refractivity contribution in [1.29, 1.82) is 0 Å². The van der Waals surface area contributed by atoms with E-state index in [-0.39, 0.29) is 24.7 Å². The van der Waals surface area contributed by atoms with Crippen LogP contribution in [0.3, 0.4) is 0 Å². The topological polar surface area (TPSA) is 151 Å². The summed E-state index contributed by atoms with van der Waals surface area (Å²) in [7, 11) is 0. The summed E-state index contributed by atoms with van der Waals surface area (Å²) in [5, 5.41) is 15.0. The van der Waals surface area contributed by atoms with Crippen LogP contribution in [-0.2, 0) is 4.79 Å². The van der Waals surface area contributed by atoms with Gasteiger partial charge in [-0.05, 0) is 29.8 Å². The molecule has 2 aromatic heterocycles. The first-order valence-electron chi connectivity index (χ1n) is 8.79. The summed E-state index contributed by atoms with van der Waals surface area (Å²) in [5.74, 6) is -0.422. The molecule has 30 heavy (non-hydrogen) atoms. The Labute approximate surface area is 170 Å². The molecule has 0 atom stereocenters. The molecule has 0 spiro atoms. The number of H-pyrrole nitrogens is 1. The van der Waals surface area contributed by atoms with Gasteiger partial charge < -0.3 is 10.1 Å². The van der Waals surface area contributed by atoms with Crippen LogP contribution >= 0.6 is 0 Å². The summed E-state index contributed by atoms with van der Waals surface area (Å²) in [6, 6.07) is 8.52. The lowest BCUT2D eigenvalue weighted by molar-refractivity contribution is -0.124. The number of hydrogen-bond donors (Lipinski definition) is 4. The highest BCUT2D eigenvalue weighted by molar-refractivity contribution is 5.93. The predicted octanol–water partition coefficient (Wildman–Crippen LogP) is 0.283. The van der Waals surface area contributed by atoms with E-state index in [4.69, 9.17) is 9.94 Å². The fourth-order valence-corrected chi connectivity index (χ4v) is 2.37. The van der Waals surface area contributed by atoms with E-state index in [0.717, 1.165) is 5.56 Å². The summed E-state index contributed by atoms with van der Waals surface area (Å²) in [5.41, 5.74) is 1.55. The Balaban J connectivity index is 1.47. The van der Waals surface area contributed by atoms with E-state index < -0.39 is 17.4 Å². The van der Waals surface area contributed by atoms with Gasteiger partial charge in [-0.3, -0.25) is 24.6 Å². The van der Waals surface area contributed by atoms with Gasteiger partial charge in [-0.25, -0.2) is 15.1 Å². The first-order valence-corrected chi connectivity index (χ1v) is 8.79. The van der Waals surface area contributed by atoms with Crippen LogP contribution in [0.2, 0.25) is 0 Å². The Morgan fingerprint density at radius 2 is 2.07 bits per heavy atom. The second kappa shape index (κ2) is 9.80. The maximum Gasteiger partial charge on any atom is 0.267 e. The molecule has 2 heterocycles. The van der Waals surface area contributed by atoms with E-state index in [1.165, 1.54) is 28.5 Å². The molecule has 3 aromatic rings. The number of carbonyl (C=O) groups excluding carboxylic acids is 2. The second-order valence-corrected chi connectivity index (χ2v) is 5.88. The molecule has 2 amide bonds. The maximum absolute atomic E-state index is 12.2. The number of carbonyl (C=O) groups is 2. The highest BCUT2D eigenvalue weighted by atomic mass is 16.5. The molecular formula is C19H18N6O5. The minimum atomic E-state index is -0.629. The Morgan fingerprint density at radius 3 is 2.73 bits per heavy atom. The molecule has 11 nitrogen and oxygen atoms in total. The molecular weight excluding hydrogens is 392 g/mol. The summed E-state index contributed by atoms with van der Waals surface area (Å²) in [6.45, 7) is 0.363. The van der Waals surface area contributed by atoms with Crippen LogP contribution in [0.15, 0.2) is 59.8 Å². The minimum absolute atomic E-state index is 0.117. The molecule has 0 aliphatic heterocycles. The van der Waals surface area contributed by atoms with Gasteiger partial charge in [0, 0.05) is 24.7 Å². The van der Waals surface area contributed by atoms with Crippen molar-refractivity contribution in [3.8, 4) is 11.7 Å². The molecule has 0 radical (unpaired) electrons. The van der Waals surface area contributed by atoms with Crippen molar-refractivity contribution in [2.45, 2.75) is 0 Å². The van der Waals surface area contributed by atoms with Gasteiger partial charge in [-0.1, -0.05) is 12.1 Å². The largest absolute Gasteiger partial charge is 0.492 e. The molecule has 0 unspecified atom stereocenters. The minimum Gasteiger partial charge on any atom is -0.492 e. The smallest absolute Gasteiger partial charge is 0.267 e. The first-order chi connectivity index (χ1) is 14.6. The lowest BCUT2D eigenvalue weighted by Crippen LogP contribution is -2.33. The highest BCUT2D eigenvalue weighted by Crippen LogP contribution is 2.13. The fraction of sp³-hybridized carbons (Fsp3) is 0.105. The van der Waals surface area contributed by atoms with Crippen molar-refractivity contribution < 1.29 is 19.5 Å². The number of rotatable bonds is 8. The average molecular weight is 410 g/mol. The standard InChI is InChI=1S/C19H18N6O5/c26-16(24-29)7-4-13-2-5-14(6-3-13)30-11-9-20-17(27)15-12-21-19(23-18(15)28)25-10-1-8-22-25/h1-8,10,12,29H,9,11H2,(H,20,27)(H,24,26)(H,21,23,28)/b7-4+. The van der Waals surface area contributed by atoms with Crippen LogP contribution in [-0.4, -0.2) is 49.9 Å². The number of amides is 2. The van der Waals surface area contributed by atoms with E-state index in [1.807, 2.05) is 0 Å². The molecule has 0 bridgehead atoms. The Kier molecular flexibility index (Phi) is 6.69. The van der Waals surface area contributed by atoms with Gasteiger partial charge >= 0.3 is 0 Å². The number of ether oxygens (including phenoxy) is 1. The molecule has 1 aromatic carbocycles. The first kappa shape index (κ1) is 20.5. The molecule has 0 saturated carbocycles. The van der Waals surface area contributed by atoms with Crippen molar-refractivity contribution in [2.75, 3.05) is 13.2 Å². The number of aromatic amines is 1. The van der Waals surface area contributed by atoms with E-state index >= 15 is 0 Å². The Morgan fingerprint density at radius 1 is 1.27 bits per heavy atom. The van der Waals surface area contributed by atoms with Crippen LogP contribution in [0.25, 0.3) is 12.0 Å². The van der Waals surface area contributed by atoms with Crippen LogP contribution < -0.4 is 21.1 Å². The van der Waals surface area contributed by atoms with Crippen LogP contribution in [0, 0.1) is 0 Å². The zero-order valence-electron chi connectivity index (χ0n) is 15.6. The van der Waals surface area contributed by atoms with Crippen molar-refractivity contribution in [2.24, 2.45) is 0 Å². The van der Waals surface area contributed by atoms with E-state index in [9.17, 15) is 14.4 Å². The second-order valence-electron chi connectivity index (χ2n) is 5.88. The molecule has 0 saturated heterocycles. The van der Waals surface area contributed by atoms with Gasteiger partial charge in [0.15, 0.2) is 0 Å². The SMILES string of the molecule is O=C(/C=C/c1ccc(OCCNC(=O)c2cnc(-n3cccn3)[nH]c2=O)cc1)NO. The van der Waals surface area contributed by atoms with Crippen molar-refractivity contribution >= 4 is 17.9 Å². The van der Waals surface area contributed by atoms with Crippen molar-refractivity contribution in [3.05, 3.63) is 76.5 Å². The van der Waals surface area contributed by atoms with Crippen LogP contribution in [0.4, 0.5) is 0 Å². The van der Waals surface area contributed by atoms with Crippen LogP contribution in [0.1, 0.15) is 15.9 Å². The average Bonchev–Trinajstić information content (AvgIpc) is 3.30. The van der Waals surface area contributed by atoms with Gasteiger partial charge in [0.25, 0.3) is 17.4 Å². The number of nitrogens with zero attached hydrogens (tertiary/aromatic N) is 3. The van der Waals surface area contributed by atoms with Crippen LogP contribution in [0.5, 0.6) is 5.75 Å². The lowest BCUT2D eigenvalue weighted by Gasteiger charge is -2.08. The summed E-state index contributed by atoms with van der Waals surface area (Å²) in [4.78, 5) is 41.7. The van der Waals surface area contributed by atoms with E-state index in [0.29, 0.717) is 5.75 Å². The Hall–Kier alpha value is -4.25. The molecule has 154 valence electrons. The molecule has 0 fully saturated rings. The lowest BCUT2D eigenvalue weighted by atomic mass is 10.2. The van der Waals surface area contributed by atoms with Gasteiger partial charge in [-0.15, -0.1) is 0 Å². The van der Waals surface area contributed by atoms with Crippen molar-refractivity contribution in [3.63, 3.8) is 0 Å². The van der Waals surface area contributed by atoms with E-state index in [1.54, 1.807) is 42.7 Å². The molecule has 3 rings (SSSR count). The molecule has 4 N–H and O–H groups in total. The van der Waals surface area contributed by atoms with Crippen molar-refractivity contribution in [1.82, 2.24) is 30.5 Å². The number of nitrogens with one attached hydrogen (secondary N) is 3. The summed E-state index contributed by atoms with van der Waals surface area (Å²) >= 11 is 0. The quantitative estimate of drug-likeness (QED) is 0.180. The number of hydroxylamine groups is 1. The van der Waals surface area contributed by atoms with E-state index in [2.05, 4.69) is 20.4 Å².